The van der Waals surface area contributed by atoms with Crippen LogP contribution in [0.1, 0.15) is 32.1 Å². The summed E-state index contributed by atoms with van der Waals surface area (Å²) < 4.78 is 0. The first-order valence-corrected chi connectivity index (χ1v) is 5.89. The Morgan fingerprint density at radius 1 is 1.36 bits per heavy atom. The molecule has 0 heterocycles. The SMILES string of the molecule is O=C[C@@H]1CC[C@]2(CO)[C@H]1[C@H]1CCC[C@H]12. The summed E-state index contributed by atoms with van der Waals surface area (Å²) in [5.41, 5.74) is 0.173. The van der Waals surface area contributed by atoms with E-state index in [-0.39, 0.29) is 11.3 Å². The molecular formula is C12H18O2. The van der Waals surface area contributed by atoms with Crippen LogP contribution in [0, 0.1) is 29.1 Å². The molecule has 2 heteroatoms. The van der Waals surface area contributed by atoms with Crippen LogP contribution in [0.4, 0.5) is 0 Å². The monoisotopic (exact) mass is 194 g/mol. The van der Waals surface area contributed by atoms with Crippen molar-refractivity contribution in [3.63, 3.8) is 0 Å². The van der Waals surface area contributed by atoms with Gasteiger partial charge in [-0.1, -0.05) is 6.42 Å². The van der Waals surface area contributed by atoms with Crippen molar-refractivity contribution in [2.45, 2.75) is 32.1 Å². The number of aliphatic hydroxyl groups is 1. The quantitative estimate of drug-likeness (QED) is 0.678. The lowest BCUT2D eigenvalue weighted by Crippen LogP contribution is -2.55. The summed E-state index contributed by atoms with van der Waals surface area (Å²) >= 11 is 0. The van der Waals surface area contributed by atoms with Crippen molar-refractivity contribution < 1.29 is 9.90 Å². The standard InChI is InChI=1S/C12H18O2/c13-6-8-4-5-12(7-14)10-3-1-2-9(10)11(8)12/h6,8-11,14H,1-5,7H2/t8-,9-,10+,11+,12+/m0/s1. The molecule has 0 spiro atoms. The van der Waals surface area contributed by atoms with Crippen LogP contribution in [-0.4, -0.2) is 18.0 Å². The predicted molar refractivity (Wildman–Crippen MR) is 52.6 cm³/mol. The summed E-state index contributed by atoms with van der Waals surface area (Å²) in [5.74, 6) is 2.33. The van der Waals surface area contributed by atoms with E-state index < -0.39 is 0 Å². The first kappa shape index (κ1) is 8.90. The van der Waals surface area contributed by atoms with Crippen LogP contribution in [0.2, 0.25) is 0 Å². The highest BCUT2D eigenvalue weighted by Crippen LogP contribution is 2.70. The van der Waals surface area contributed by atoms with Crippen LogP contribution < -0.4 is 0 Å². The maximum absolute atomic E-state index is 11.0. The first-order valence-electron chi connectivity index (χ1n) is 5.89. The summed E-state index contributed by atoms with van der Waals surface area (Å²) in [4.78, 5) is 11.0. The Kier molecular flexibility index (Phi) is 1.79. The zero-order valence-corrected chi connectivity index (χ0v) is 8.48. The van der Waals surface area contributed by atoms with E-state index >= 15 is 0 Å². The fourth-order valence-corrected chi connectivity index (χ4v) is 4.85. The van der Waals surface area contributed by atoms with Gasteiger partial charge in [0.25, 0.3) is 0 Å². The highest BCUT2D eigenvalue weighted by atomic mass is 16.3. The Morgan fingerprint density at radius 2 is 2.21 bits per heavy atom. The van der Waals surface area contributed by atoms with E-state index in [4.69, 9.17) is 0 Å². The van der Waals surface area contributed by atoms with Gasteiger partial charge in [0.05, 0.1) is 0 Å². The average Bonchev–Trinajstić information content (AvgIpc) is 2.73. The van der Waals surface area contributed by atoms with Crippen molar-refractivity contribution in [3.8, 4) is 0 Å². The van der Waals surface area contributed by atoms with Crippen molar-refractivity contribution in [2.24, 2.45) is 29.1 Å². The third-order valence-electron chi connectivity index (χ3n) is 5.31. The normalized spacial score (nSPS) is 54.9. The lowest BCUT2D eigenvalue weighted by Gasteiger charge is -2.56. The summed E-state index contributed by atoms with van der Waals surface area (Å²) in [6.45, 7) is 0.323. The molecule has 0 aliphatic heterocycles. The lowest BCUT2D eigenvalue weighted by molar-refractivity contribution is -0.138. The van der Waals surface area contributed by atoms with Crippen molar-refractivity contribution in [2.75, 3.05) is 6.61 Å². The molecular weight excluding hydrogens is 176 g/mol. The van der Waals surface area contributed by atoms with Crippen molar-refractivity contribution in [1.29, 1.82) is 0 Å². The number of fused-ring (bicyclic) bond motifs is 4. The Hall–Kier alpha value is -0.370. The number of carbonyl (C=O) groups excluding carboxylic acids is 1. The van der Waals surface area contributed by atoms with Crippen molar-refractivity contribution in [1.82, 2.24) is 0 Å². The second kappa shape index (κ2) is 2.82. The lowest BCUT2D eigenvalue weighted by atomic mass is 9.48. The molecule has 0 radical (unpaired) electrons. The first-order chi connectivity index (χ1) is 6.83. The number of hydrogen-bond donors (Lipinski definition) is 1. The summed E-state index contributed by atoms with van der Waals surface area (Å²) in [7, 11) is 0. The molecule has 78 valence electrons. The number of rotatable bonds is 2. The molecule has 0 unspecified atom stereocenters. The minimum Gasteiger partial charge on any atom is -0.396 e. The molecule has 0 saturated heterocycles. The van der Waals surface area contributed by atoms with Gasteiger partial charge >= 0.3 is 0 Å². The molecule has 5 atom stereocenters. The van der Waals surface area contributed by atoms with Crippen LogP contribution in [0.15, 0.2) is 0 Å². The zero-order valence-electron chi connectivity index (χ0n) is 8.48. The van der Waals surface area contributed by atoms with E-state index in [1.165, 1.54) is 19.3 Å². The second-order valence-electron chi connectivity index (χ2n) is 5.46. The molecule has 0 aromatic carbocycles. The summed E-state index contributed by atoms with van der Waals surface area (Å²) in [5, 5.41) is 9.59. The van der Waals surface area contributed by atoms with Gasteiger partial charge in [0.15, 0.2) is 0 Å². The van der Waals surface area contributed by atoms with Gasteiger partial charge in [0.1, 0.15) is 6.29 Å². The third-order valence-corrected chi connectivity index (χ3v) is 5.31. The maximum atomic E-state index is 11.0. The van der Waals surface area contributed by atoms with Crippen LogP contribution in [-0.2, 0) is 4.79 Å². The molecule has 3 aliphatic carbocycles. The van der Waals surface area contributed by atoms with Gasteiger partial charge < -0.3 is 9.90 Å². The molecule has 0 amide bonds. The fraction of sp³-hybridized carbons (Fsp3) is 0.917. The van der Waals surface area contributed by atoms with Crippen molar-refractivity contribution >= 4 is 6.29 Å². The van der Waals surface area contributed by atoms with Crippen LogP contribution >= 0.6 is 0 Å². The molecule has 0 aromatic rings. The topological polar surface area (TPSA) is 37.3 Å². The molecule has 3 fully saturated rings. The molecule has 0 aromatic heterocycles. The molecule has 2 nitrogen and oxygen atoms in total. The number of hydrogen-bond acceptors (Lipinski definition) is 2. The van der Waals surface area contributed by atoms with Gasteiger partial charge in [-0.25, -0.2) is 0 Å². The molecule has 1 N–H and O–H groups in total. The van der Waals surface area contributed by atoms with E-state index in [0.29, 0.717) is 12.5 Å². The van der Waals surface area contributed by atoms with Crippen LogP contribution in [0.3, 0.4) is 0 Å². The molecule has 3 aliphatic rings. The zero-order chi connectivity index (χ0) is 9.76. The van der Waals surface area contributed by atoms with E-state index in [0.717, 1.165) is 31.0 Å². The van der Waals surface area contributed by atoms with Gasteiger partial charge in [-0.15, -0.1) is 0 Å². The summed E-state index contributed by atoms with van der Waals surface area (Å²) in [6.07, 6.45) is 7.20. The third kappa shape index (κ3) is 0.796. The molecule has 0 bridgehead atoms. The van der Waals surface area contributed by atoms with Gasteiger partial charge in [0, 0.05) is 17.9 Å². The number of carbonyl (C=O) groups is 1. The second-order valence-corrected chi connectivity index (χ2v) is 5.46. The van der Waals surface area contributed by atoms with Crippen LogP contribution in [0.5, 0.6) is 0 Å². The van der Waals surface area contributed by atoms with E-state index in [1.807, 2.05) is 0 Å². The highest BCUT2D eigenvalue weighted by molar-refractivity contribution is 5.56. The minimum atomic E-state index is 0.173. The fourth-order valence-electron chi connectivity index (χ4n) is 4.85. The van der Waals surface area contributed by atoms with E-state index in [1.54, 1.807) is 0 Å². The average molecular weight is 194 g/mol. The van der Waals surface area contributed by atoms with E-state index in [2.05, 4.69) is 0 Å². The molecule has 14 heavy (non-hydrogen) atoms. The van der Waals surface area contributed by atoms with Gasteiger partial charge in [-0.05, 0) is 43.4 Å². The molecule has 3 rings (SSSR count). The van der Waals surface area contributed by atoms with Gasteiger partial charge in [-0.2, -0.15) is 0 Å². The van der Waals surface area contributed by atoms with Gasteiger partial charge in [-0.3, -0.25) is 0 Å². The van der Waals surface area contributed by atoms with Crippen molar-refractivity contribution in [3.05, 3.63) is 0 Å². The Bertz CT molecular complexity index is 263. The Balaban J connectivity index is 1.91. The van der Waals surface area contributed by atoms with Gasteiger partial charge in [0.2, 0.25) is 0 Å². The number of aliphatic hydroxyl groups excluding tert-OH is 1. The molecule has 3 saturated carbocycles. The smallest absolute Gasteiger partial charge is 0.123 e. The highest BCUT2D eigenvalue weighted by Gasteiger charge is 2.66. The number of aldehydes is 1. The predicted octanol–water partition coefficient (Wildman–Crippen LogP) is 1.62. The maximum Gasteiger partial charge on any atom is 0.123 e. The van der Waals surface area contributed by atoms with E-state index in [9.17, 15) is 9.90 Å². The Labute approximate surface area is 84.7 Å². The minimum absolute atomic E-state index is 0.173. The largest absolute Gasteiger partial charge is 0.396 e. The van der Waals surface area contributed by atoms with Crippen LogP contribution in [0.25, 0.3) is 0 Å². The summed E-state index contributed by atoms with van der Waals surface area (Å²) in [6, 6.07) is 0. The Morgan fingerprint density at radius 3 is 2.93 bits per heavy atom.